The molecule has 0 aliphatic carbocycles. The van der Waals surface area contributed by atoms with Crippen molar-refractivity contribution in [1.82, 2.24) is 10.0 Å². The van der Waals surface area contributed by atoms with Crippen LogP contribution in [0.5, 0.6) is 5.75 Å². The van der Waals surface area contributed by atoms with E-state index in [1.807, 2.05) is 0 Å². The van der Waals surface area contributed by atoms with Gasteiger partial charge in [-0.1, -0.05) is 0 Å². The van der Waals surface area contributed by atoms with Gasteiger partial charge < -0.3 is 15.8 Å². The van der Waals surface area contributed by atoms with Crippen molar-refractivity contribution in [2.45, 2.75) is 17.4 Å². The maximum absolute atomic E-state index is 12.2. The zero-order valence-electron chi connectivity index (χ0n) is 11.0. The summed E-state index contributed by atoms with van der Waals surface area (Å²) in [4.78, 5) is 11.3. The Labute approximate surface area is 117 Å². The molecule has 1 aromatic rings. The Morgan fingerprint density at radius 1 is 1.50 bits per heavy atom. The van der Waals surface area contributed by atoms with E-state index in [0.717, 1.165) is 13.0 Å². The molecule has 20 heavy (non-hydrogen) atoms. The van der Waals surface area contributed by atoms with E-state index in [4.69, 9.17) is 10.5 Å². The van der Waals surface area contributed by atoms with E-state index in [9.17, 15) is 13.2 Å². The molecule has 1 amide bonds. The van der Waals surface area contributed by atoms with Gasteiger partial charge >= 0.3 is 0 Å². The van der Waals surface area contributed by atoms with E-state index < -0.39 is 15.9 Å². The molecule has 1 fully saturated rings. The number of methoxy groups -OCH3 is 1. The molecule has 0 bridgehead atoms. The number of hydrogen-bond donors (Lipinski definition) is 3. The van der Waals surface area contributed by atoms with Crippen molar-refractivity contribution in [2.75, 3.05) is 20.2 Å². The maximum Gasteiger partial charge on any atom is 0.252 e. The topological polar surface area (TPSA) is 111 Å². The van der Waals surface area contributed by atoms with Gasteiger partial charge in [-0.05, 0) is 31.2 Å². The summed E-state index contributed by atoms with van der Waals surface area (Å²) < 4.78 is 32.0. The van der Waals surface area contributed by atoms with E-state index in [1.54, 1.807) is 0 Å². The molecule has 2 rings (SSSR count). The Hall–Kier alpha value is -1.64. The molecule has 1 aliphatic heterocycles. The monoisotopic (exact) mass is 299 g/mol. The molecule has 8 heteroatoms. The van der Waals surface area contributed by atoms with Crippen LogP contribution >= 0.6 is 0 Å². The molecule has 0 aromatic heterocycles. The fourth-order valence-electron chi connectivity index (χ4n) is 2.09. The smallest absolute Gasteiger partial charge is 0.252 e. The maximum atomic E-state index is 12.2. The Kier molecular flexibility index (Phi) is 4.26. The largest absolute Gasteiger partial charge is 0.496 e. The van der Waals surface area contributed by atoms with Crippen LogP contribution < -0.4 is 20.5 Å². The molecular weight excluding hydrogens is 282 g/mol. The number of carbonyl (C=O) groups excluding carboxylic acids is 1. The van der Waals surface area contributed by atoms with Gasteiger partial charge in [0.1, 0.15) is 5.75 Å². The number of ether oxygens (including phenoxy) is 1. The lowest BCUT2D eigenvalue weighted by Crippen LogP contribution is -2.36. The highest BCUT2D eigenvalue weighted by molar-refractivity contribution is 7.89. The summed E-state index contributed by atoms with van der Waals surface area (Å²) in [5.41, 5.74) is 5.26. The highest BCUT2D eigenvalue weighted by Gasteiger charge is 2.24. The number of nitrogens with two attached hydrogens (primary N) is 1. The third-order valence-electron chi connectivity index (χ3n) is 3.13. The molecule has 0 saturated carbocycles. The molecule has 7 nitrogen and oxygen atoms in total. The fourth-order valence-corrected chi connectivity index (χ4v) is 3.39. The first-order valence-corrected chi connectivity index (χ1v) is 7.63. The quantitative estimate of drug-likeness (QED) is 0.674. The minimum Gasteiger partial charge on any atom is -0.496 e. The van der Waals surface area contributed by atoms with Crippen molar-refractivity contribution in [3.8, 4) is 5.75 Å². The third kappa shape index (κ3) is 3.09. The first-order valence-electron chi connectivity index (χ1n) is 6.15. The summed E-state index contributed by atoms with van der Waals surface area (Å²) in [6.45, 7) is 1.38. The summed E-state index contributed by atoms with van der Waals surface area (Å²) in [7, 11) is -2.29. The van der Waals surface area contributed by atoms with E-state index in [2.05, 4.69) is 10.0 Å². The van der Waals surface area contributed by atoms with Crippen LogP contribution in [0.25, 0.3) is 0 Å². The van der Waals surface area contributed by atoms with Gasteiger partial charge in [-0.2, -0.15) is 0 Å². The Morgan fingerprint density at radius 3 is 2.80 bits per heavy atom. The van der Waals surface area contributed by atoms with Crippen LogP contribution in [0.2, 0.25) is 0 Å². The Bertz CT molecular complexity index is 609. The number of carbonyl (C=O) groups is 1. The van der Waals surface area contributed by atoms with Crippen LogP contribution in [-0.4, -0.2) is 40.6 Å². The van der Waals surface area contributed by atoms with Crippen LogP contribution in [0.3, 0.4) is 0 Å². The minimum absolute atomic E-state index is 0.000926. The van der Waals surface area contributed by atoms with Crippen LogP contribution in [0, 0.1) is 0 Å². The Morgan fingerprint density at radius 2 is 2.25 bits per heavy atom. The van der Waals surface area contributed by atoms with E-state index >= 15 is 0 Å². The summed E-state index contributed by atoms with van der Waals surface area (Å²) in [6, 6.07) is 3.89. The van der Waals surface area contributed by atoms with Gasteiger partial charge in [-0.25, -0.2) is 13.1 Å². The predicted octanol–water partition coefficient (Wildman–Crippen LogP) is -0.566. The number of amides is 1. The van der Waals surface area contributed by atoms with Gasteiger partial charge in [0.15, 0.2) is 0 Å². The number of sulfonamides is 1. The molecular formula is C12H17N3O4S. The van der Waals surface area contributed by atoms with Gasteiger partial charge in [-0.15, -0.1) is 0 Å². The molecule has 1 atom stereocenters. The second-order valence-corrected chi connectivity index (χ2v) is 6.25. The first-order chi connectivity index (χ1) is 9.44. The van der Waals surface area contributed by atoms with Crippen molar-refractivity contribution in [2.24, 2.45) is 5.73 Å². The van der Waals surface area contributed by atoms with Crippen molar-refractivity contribution in [1.29, 1.82) is 0 Å². The second-order valence-electron chi connectivity index (χ2n) is 4.54. The molecule has 110 valence electrons. The van der Waals surface area contributed by atoms with Crippen molar-refractivity contribution >= 4 is 15.9 Å². The van der Waals surface area contributed by atoms with Crippen LogP contribution in [0.4, 0.5) is 0 Å². The number of rotatable bonds is 5. The zero-order chi connectivity index (χ0) is 14.8. The van der Waals surface area contributed by atoms with Crippen LogP contribution in [-0.2, 0) is 10.0 Å². The van der Waals surface area contributed by atoms with Gasteiger partial charge in [-0.3, -0.25) is 4.79 Å². The molecule has 1 aromatic carbocycles. The third-order valence-corrected chi connectivity index (χ3v) is 4.65. The summed E-state index contributed by atoms with van der Waals surface area (Å²) in [5, 5.41) is 3.07. The van der Waals surface area contributed by atoms with E-state index in [1.165, 1.54) is 25.3 Å². The highest BCUT2D eigenvalue weighted by Crippen LogP contribution is 2.22. The van der Waals surface area contributed by atoms with Gasteiger partial charge in [0.25, 0.3) is 5.91 Å². The normalized spacial score (nSPS) is 18.9. The lowest BCUT2D eigenvalue weighted by molar-refractivity contribution is 0.0997. The van der Waals surface area contributed by atoms with Gasteiger partial charge in [0.05, 0.1) is 17.6 Å². The summed E-state index contributed by atoms with van der Waals surface area (Å²) >= 11 is 0. The number of benzene rings is 1. The first kappa shape index (κ1) is 14.8. The number of nitrogens with one attached hydrogen (secondary N) is 2. The lowest BCUT2D eigenvalue weighted by Gasteiger charge is -2.13. The van der Waals surface area contributed by atoms with E-state index in [-0.39, 0.29) is 22.3 Å². The Balaban J connectivity index is 2.31. The minimum atomic E-state index is -3.68. The molecule has 1 saturated heterocycles. The van der Waals surface area contributed by atoms with Gasteiger partial charge in [0, 0.05) is 12.6 Å². The summed E-state index contributed by atoms with van der Waals surface area (Å²) in [6.07, 6.45) is 0.734. The number of primary amides is 1. The molecule has 4 N–H and O–H groups in total. The molecule has 1 aliphatic rings. The van der Waals surface area contributed by atoms with Crippen LogP contribution in [0.15, 0.2) is 23.1 Å². The molecule has 0 radical (unpaired) electrons. The standard InChI is InChI=1S/C12H17N3O4S/c1-19-11-3-2-9(6-10(11)12(13)16)20(17,18)15-8-4-5-14-7-8/h2-3,6,8,14-15H,4-5,7H2,1H3,(H2,13,16)/t8-/m1/s1. The predicted molar refractivity (Wildman–Crippen MR) is 73.1 cm³/mol. The highest BCUT2D eigenvalue weighted by atomic mass is 32.2. The summed E-state index contributed by atoms with van der Waals surface area (Å²) in [5.74, 6) is -0.486. The number of hydrogen-bond acceptors (Lipinski definition) is 5. The van der Waals surface area contributed by atoms with Crippen molar-refractivity contribution in [3.05, 3.63) is 23.8 Å². The SMILES string of the molecule is COc1ccc(S(=O)(=O)N[C@@H]2CCNC2)cc1C(N)=O. The molecule has 0 unspecified atom stereocenters. The second kappa shape index (κ2) is 5.78. The fraction of sp³-hybridized carbons (Fsp3) is 0.417. The average molecular weight is 299 g/mol. The van der Waals surface area contributed by atoms with Crippen molar-refractivity contribution < 1.29 is 17.9 Å². The average Bonchev–Trinajstić information content (AvgIpc) is 2.89. The van der Waals surface area contributed by atoms with Crippen molar-refractivity contribution in [3.63, 3.8) is 0 Å². The van der Waals surface area contributed by atoms with Gasteiger partial charge in [0.2, 0.25) is 10.0 Å². The lowest BCUT2D eigenvalue weighted by atomic mass is 10.2. The van der Waals surface area contributed by atoms with E-state index in [0.29, 0.717) is 6.54 Å². The molecule has 0 spiro atoms. The zero-order valence-corrected chi connectivity index (χ0v) is 11.9. The van der Waals surface area contributed by atoms with Crippen LogP contribution in [0.1, 0.15) is 16.8 Å². The molecule has 1 heterocycles.